The second-order valence-corrected chi connectivity index (χ2v) is 10.7. The molecule has 1 unspecified atom stereocenters. The second-order valence-electron chi connectivity index (χ2n) is 10.3. The molecule has 9 nitrogen and oxygen atoms in total. The number of carboxylic acids is 1. The molecular weight excluding hydrogens is 544 g/mol. The van der Waals surface area contributed by atoms with Crippen LogP contribution in [0.2, 0.25) is 5.02 Å². The summed E-state index contributed by atoms with van der Waals surface area (Å²) in [6.45, 7) is 5.83. The number of hydrogen-bond donors (Lipinski definition) is 1. The predicted molar refractivity (Wildman–Crippen MR) is 154 cm³/mol. The number of nitrogens with zero attached hydrogens (tertiary/aromatic N) is 4. The highest BCUT2D eigenvalue weighted by Crippen LogP contribution is 2.36. The quantitative estimate of drug-likeness (QED) is 0.301. The van der Waals surface area contributed by atoms with E-state index < -0.39 is 5.97 Å². The molecule has 2 aliphatic rings. The number of fused-ring (bicyclic) bond motifs is 1. The van der Waals surface area contributed by atoms with Crippen LogP contribution in [0.5, 0.6) is 11.6 Å². The van der Waals surface area contributed by atoms with Crippen molar-refractivity contribution in [3.63, 3.8) is 0 Å². The number of aryl methyl sites for hydroxylation is 1. The van der Waals surface area contributed by atoms with Crippen LogP contribution in [0.3, 0.4) is 0 Å². The Morgan fingerprint density at radius 3 is 2.83 bits per heavy atom. The number of pyridine rings is 1. The summed E-state index contributed by atoms with van der Waals surface area (Å²) < 4.78 is 18.7. The molecule has 41 heavy (non-hydrogen) atoms. The van der Waals surface area contributed by atoms with Gasteiger partial charge in [-0.25, -0.2) is 9.78 Å². The van der Waals surface area contributed by atoms with Gasteiger partial charge in [0.25, 0.3) is 0 Å². The van der Waals surface area contributed by atoms with Crippen LogP contribution in [0.1, 0.15) is 39.0 Å². The lowest BCUT2D eigenvalue weighted by Gasteiger charge is -2.33. The molecule has 212 valence electrons. The lowest BCUT2D eigenvalue weighted by atomic mass is 9.96. The largest absolute Gasteiger partial charge is 0.488 e. The topological polar surface area (TPSA) is 98.9 Å². The van der Waals surface area contributed by atoms with Crippen molar-refractivity contribution in [2.75, 3.05) is 26.9 Å². The number of aromatic nitrogens is 3. The van der Waals surface area contributed by atoms with Gasteiger partial charge in [0, 0.05) is 36.9 Å². The Bertz CT molecular complexity index is 1600. The van der Waals surface area contributed by atoms with Crippen molar-refractivity contribution in [2.24, 2.45) is 0 Å². The minimum Gasteiger partial charge on any atom is -0.488 e. The monoisotopic (exact) mass is 574 g/mol. The molecule has 4 heterocycles. The van der Waals surface area contributed by atoms with Crippen LogP contribution in [-0.2, 0) is 24.3 Å². The van der Waals surface area contributed by atoms with E-state index in [2.05, 4.69) is 22.1 Å². The Labute approximate surface area is 243 Å². The van der Waals surface area contributed by atoms with Crippen LogP contribution >= 0.6 is 11.6 Å². The summed E-state index contributed by atoms with van der Waals surface area (Å²) in [6, 6.07) is 16.1. The maximum absolute atomic E-state index is 11.6. The summed E-state index contributed by atoms with van der Waals surface area (Å²) in [4.78, 5) is 18.8. The Balaban J connectivity index is 1.25. The van der Waals surface area contributed by atoms with Gasteiger partial charge in [-0.1, -0.05) is 41.9 Å². The number of methoxy groups -OCH3 is 1. The smallest absolute Gasteiger partial charge is 0.342 e. The number of carbonyl (C=O) groups is 1. The molecule has 0 saturated carbocycles. The molecule has 0 spiro atoms. The van der Waals surface area contributed by atoms with E-state index >= 15 is 0 Å². The Morgan fingerprint density at radius 2 is 2.05 bits per heavy atom. The maximum atomic E-state index is 11.6. The highest BCUT2D eigenvalue weighted by atomic mass is 35.5. The van der Waals surface area contributed by atoms with Crippen LogP contribution in [-0.4, -0.2) is 63.7 Å². The molecular formula is C31H31ClN4O5. The van der Waals surface area contributed by atoms with E-state index in [9.17, 15) is 9.90 Å². The third kappa shape index (κ3) is 5.28. The van der Waals surface area contributed by atoms with Crippen molar-refractivity contribution in [2.45, 2.75) is 39.0 Å². The standard InChI is InChI=1S/C31H31ClN4O5/c1-19-5-3-6-24(26-7-4-8-27(34-26)36-30(39-2)25(15-33-36)31(37)38)29(19)41-17-21-10-9-20-16-35(22-12-14-40-18-22)13-11-23(20)28(21)32/h3-10,15,22H,11-14,16-18H2,1-2H3,(H,37,38). The predicted octanol–water partition coefficient (Wildman–Crippen LogP) is 5.33. The zero-order valence-electron chi connectivity index (χ0n) is 23.0. The first-order chi connectivity index (χ1) is 19.9. The van der Waals surface area contributed by atoms with E-state index in [4.69, 9.17) is 30.8 Å². The SMILES string of the molecule is COc1c(C(=O)O)cnn1-c1cccc(-c2cccc(C)c2OCc2ccc3c(c2Cl)CCN(C2CCOC2)C3)n1. The number of benzene rings is 2. The molecule has 2 aliphatic heterocycles. The molecule has 1 fully saturated rings. The molecule has 10 heteroatoms. The van der Waals surface area contributed by atoms with Gasteiger partial charge in [0.1, 0.15) is 17.9 Å². The molecule has 0 bridgehead atoms. The molecule has 2 aromatic carbocycles. The molecule has 6 rings (SSSR count). The molecule has 2 aromatic heterocycles. The van der Waals surface area contributed by atoms with E-state index in [0.717, 1.165) is 60.9 Å². The Kier molecular flexibility index (Phi) is 7.66. The van der Waals surface area contributed by atoms with Crippen molar-refractivity contribution in [1.82, 2.24) is 19.7 Å². The fraction of sp³-hybridized carbons (Fsp3) is 0.323. The fourth-order valence-corrected chi connectivity index (χ4v) is 5.98. The summed E-state index contributed by atoms with van der Waals surface area (Å²) >= 11 is 6.94. The van der Waals surface area contributed by atoms with Crippen LogP contribution in [0.15, 0.2) is 54.7 Å². The Morgan fingerprint density at radius 1 is 1.20 bits per heavy atom. The van der Waals surface area contributed by atoms with Crippen LogP contribution < -0.4 is 9.47 Å². The third-order valence-electron chi connectivity index (χ3n) is 7.82. The van der Waals surface area contributed by atoms with E-state index in [1.807, 2.05) is 37.3 Å². The van der Waals surface area contributed by atoms with Crippen molar-refractivity contribution >= 4 is 17.6 Å². The zero-order chi connectivity index (χ0) is 28.5. The van der Waals surface area contributed by atoms with Crippen LogP contribution in [0, 0.1) is 6.92 Å². The van der Waals surface area contributed by atoms with Crippen molar-refractivity contribution < 1.29 is 24.1 Å². The van der Waals surface area contributed by atoms with Gasteiger partial charge in [0.05, 0.1) is 30.6 Å². The third-order valence-corrected chi connectivity index (χ3v) is 8.30. The summed E-state index contributed by atoms with van der Waals surface area (Å²) in [5.74, 6) is 0.108. The van der Waals surface area contributed by atoms with Gasteiger partial charge in [-0.05, 0) is 54.7 Å². The zero-order valence-corrected chi connectivity index (χ0v) is 23.7. The molecule has 1 N–H and O–H groups in total. The van der Waals surface area contributed by atoms with Crippen LogP contribution in [0.4, 0.5) is 0 Å². The first-order valence-corrected chi connectivity index (χ1v) is 14.0. The van der Waals surface area contributed by atoms with E-state index in [1.54, 1.807) is 6.07 Å². The highest BCUT2D eigenvalue weighted by Gasteiger charge is 2.28. The lowest BCUT2D eigenvalue weighted by Crippen LogP contribution is -2.39. The van der Waals surface area contributed by atoms with E-state index in [0.29, 0.717) is 29.9 Å². The summed E-state index contributed by atoms with van der Waals surface area (Å²) in [6.07, 6.45) is 3.25. The summed E-state index contributed by atoms with van der Waals surface area (Å²) in [5.41, 5.74) is 5.81. The van der Waals surface area contributed by atoms with Gasteiger partial charge in [-0.3, -0.25) is 4.90 Å². The molecule has 4 aromatic rings. The number of carboxylic acid groups (broad SMARTS) is 1. The number of rotatable bonds is 8. The van der Waals surface area contributed by atoms with Crippen molar-refractivity contribution in [3.8, 4) is 28.7 Å². The average molecular weight is 575 g/mol. The summed E-state index contributed by atoms with van der Waals surface area (Å²) in [7, 11) is 1.41. The van der Waals surface area contributed by atoms with Gasteiger partial charge >= 0.3 is 5.97 Å². The van der Waals surface area contributed by atoms with Crippen molar-refractivity contribution in [3.05, 3.63) is 87.6 Å². The normalized spacial score (nSPS) is 16.9. The lowest BCUT2D eigenvalue weighted by molar-refractivity contribution is 0.0693. The highest BCUT2D eigenvalue weighted by molar-refractivity contribution is 6.32. The minimum atomic E-state index is -1.12. The van der Waals surface area contributed by atoms with Gasteiger partial charge in [-0.2, -0.15) is 9.78 Å². The number of para-hydroxylation sites is 1. The van der Waals surface area contributed by atoms with Gasteiger partial charge < -0.3 is 19.3 Å². The van der Waals surface area contributed by atoms with Crippen LogP contribution in [0.25, 0.3) is 17.1 Å². The molecule has 1 atom stereocenters. The first kappa shape index (κ1) is 27.3. The molecule has 0 aliphatic carbocycles. The summed E-state index contributed by atoms with van der Waals surface area (Å²) in [5, 5.41) is 14.4. The fourth-order valence-electron chi connectivity index (χ4n) is 5.65. The van der Waals surface area contributed by atoms with Gasteiger partial charge in [-0.15, -0.1) is 0 Å². The molecule has 0 amide bonds. The first-order valence-electron chi connectivity index (χ1n) is 13.6. The second kappa shape index (κ2) is 11.5. The van der Waals surface area contributed by atoms with Gasteiger partial charge in [0.2, 0.25) is 5.88 Å². The minimum absolute atomic E-state index is 0.0403. The number of halogens is 1. The molecule has 0 radical (unpaired) electrons. The number of hydrogen-bond acceptors (Lipinski definition) is 7. The van der Waals surface area contributed by atoms with Gasteiger partial charge in [0.15, 0.2) is 5.82 Å². The van der Waals surface area contributed by atoms with Crippen molar-refractivity contribution in [1.29, 1.82) is 0 Å². The number of ether oxygens (including phenoxy) is 3. The Hall–Kier alpha value is -3.92. The number of aromatic carboxylic acids is 1. The maximum Gasteiger partial charge on any atom is 0.342 e. The molecule has 1 saturated heterocycles. The van der Waals surface area contributed by atoms with E-state index in [1.165, 1.54) is 29.1 Å². The average Bonchev–Trinajstić information content (AvgIpc) is 3.68. The van der Waals surface area contributed by atoms with E-state index in [-0.39, 0.29) is 11.4 Å².